The van der Waals surface area contributed by atoms with Gasteiger partial charge in [-0.3, -0.25) is 0 Å². The molecule has 0 bridgehead atoms. The van der Waals surface area contributed by atoms with Crippen molar-refractivity contribution in [2.24, 2.45) is 0 Å². The third-order valence-electron chi connectivity index (χ3n) is 3.92. The molecule has 1 aromatic heterocycles. The first kappa shape index (κ1) is 14.8. The number of ether oxygens (including phenoxy) is 1. The SMILES string of the molecule is Cc1cc(C)c(Nc2cc(N3CCOCC3)ncn2)c(C)c1. The molecule has 0 amide bonds. The molecule has 1 N–H and O–H groups in total. The number of morpholine rings is 1. The molecule has 0 spiro atoms. The van der Waals surface area contributed by atoms with Crippen molar-refractivity contribution in [2.45, 2.75) is 20.8 Å². The van der Waals surface area contributed by atoms with Gasteiger partial charge < -0.3 is 15.0 Å². The van der Waals surface area contributed by atoms with Crippen molar-refractivity contribution >= 4 is 17.3 Å². The van der Waals surface area contributed by atoms with Gasteiger partial charge in [0.25, 0.3) is 0 Å². The van der Waals surface area contributed by atoms with Crippen LogP contribution in [0.5, 0.6) is 0 Å². The normalized spacial score (nSPS) is 15.0. The molecule has 5 heteroatoms. The van der Waals surface area contributed by atoms with E-state index >= 15 is 0 Å². The summed E-state index contributed by atoms with van der Waals surface area (Å²) in [5.41, 5.74) is 4.85. The van der Waals surface area contributed by atoms with Crippen LogP contribution in [0.4, 0.5) is 17.3 Å². The predicted molar refractivity (Wildman–Crippen MR) is 89.0 cm³/mol. The third-order valence-corrected chi connectivity index (χ3v) is 3.92. The van der Waals surface area contributed by atoms with E-state index in [1.54, 1.807) is 6.33 Å². The molecule has 5 nitrogen and oxygen atoms in total. The highest BCUT2D eigenvalue weighted by atomic mass is 16.5. The van der Waals surface area contributed by atoms with Gasteiger partial charge in [0, 0.05) is 24.8 Å². The molecule has 1 aliphatic rings. The third kappa shape index (κ3) is 3.20. The minimum atomic E-state index is 0.753. The fourth-order valence-corrected chi connectivity index (χ4v) is 2.89. The molecular formula is C17H22N4O. The van der Waals surface area contributed by atoms with Crippen LogP contribution in [0.1, 0.15) is 16.7 Å². The summed E-state index contributed by atoms with van der Waals surface area (Å²) in [6, 6.07) is 6.36. The maximum absolute atomic E-state index is 5.39. The zero-order valence-corrected chi connectivity index (χ0v) is 13.4. The molecule has 0 atom stereocenters. The van der Waals surface area contributed by atoms with E-state index in [-0.39, 0.29) is 0 Å². The average molecular weight is 298 g/mol. The number of nitrogens with one attached hydrogen (secondary N) is 1. The number of nitrogens with zero attached hydrogens (tertiary/aromatic N) is 3. The second kappa shape index (κ2) is 6.32. The monoisotopic (exact) mass is 298 g/mol. The molecule has 1 aromatic carbocycles. The summed E-state index contributed by atoms with van der Waals surface area (Å²) in [5.74, 6) is 1.77. The van der Waals surface area contributed by atoms with Crippen molar-refractivity contribution in [2.75, 3.05) is 36.5 Å². The molecule has 0 saturated carbocycles. The Bertz CT molecular complexity index is 642. The Hall–Kier alpha value is -2.14. The molecule has 0 aliphatic carbocycles. The van der Waals surface area contributed by atoms with Gasteiger partial charge in [0.1, 0.15) is 18.0 Å². The van der Waals surface area contributed by atoms with Crippen molar-refractivity contribution in [1.82, 2.24) is 9.97 Å². The first-order chi connectivity index (χ1) is 10.6. The number of anilines is 3. The van der Waals surface area contributed by atoms with E-state index in [0.29, 0.717) is 0 Å². The zero-order valence-electron chi connectivity index (χ0n) is 13.4. The van der Waals surface area contributed by atoms with Crippen LogP contribution < -0.4 is 10.2 Å². The van der Waals surface area contributed by atoms with Crippen LogP contribution in [0.25, 0.3) is 0 Å². The van der Waals surface area contributed by atoms with E-state index in [1.807, 2.05) is 6.07 Å². The second-order valence-corrected chi connectivity index (χ2v) is 5.76. The molecule has 0 radical (unpaired) electrons. The fourth-order valence-electron chi connectivity index (χ4n) is 2.89. The van der Waals surface area contributed by atoms with Crippen molar-refractivity contribution in [3.8, 4) is 0 Å². The summed E-state index contributed by atoms with van der Waals surface area (Å²) in [6.45, 7) is 9.60. The summed E-state index contributed by atoms with van der Waals surface area (Å²) in [4.78, 5) is 11.0. The maximum Gasteiger partial charge on any atom is 0.135 e. The predicted octanol–water partition coefficient (Wildman–Crippen LogP) is 2.98. The van der Waals surface area contributed by atoms with Gasteiger partial charge in [0.05, 0.1) is 13.2 Å². The summed E-state index contributed by atoms with van der Waals surface area (Å²) < 4.78 is 5.39. The Balaban J connectivity index is 1.84. The standard InChI is InChI=1S/C17H22N4O/c1-12-8-13(2)17(14(3)9-12)20-15-10-16(19-11-18-15)21-4-6-22-7-5-21/h8-11H,4-7H2,1-3H3,(H,18,19,20). The highest BCUT2D eigenvalue weighted by Crippen LogP contribution is 2.26. The highest BCUT2D eigenvalue weighted by Gasteiger charge is 2.13. The summed E-state index contributed by atoms with van der Waals surface area (Å²) in [5, 5.41) is 3.44. The Morgan fingerprint density at radius 1 is 1.00 bits per heavy atom. The number of rotatable bonds is 3. The van der Waals surface area contributed by atoms with E-state index < -0.39 is 0 Å². The summed E-state index contributed by atoms with van der Waals surface area (Å²) >= 11 is 0. The molecule has 1 saturated heterocycles. The van der Waals surface area contributed by atoms with Crippen molar-refractivity contribution in [3.63, 3.8) is 0 Å². The van der Waals surface area contributed by atoms with Crippen LogP contribution in [0.15, 0.2) is 24.5 Å². The maximum atomic E-state index is 5.39. The van der Waals surface area contributed by atoms with Crippen LogP contribution in [0, 0.1) is 20.8 Å². The van der Waals surface area contributed by atoms with E-state index in [9.17, 15) is 0 Å². The van der Waals surface area contributed by atoms with E-state index in [0.717, 1.165) is 43.6 Å². The Kier molecular flexibility index (Phi) is 4.24. The molecule has 116 valence electrons. The first-order valence-corrected chi connectivity index (χ1v) is 7.63. The number of benzene rings is 1. The van der Waals surface area contributed by atoms with Gasteiger partial charge in [-0.2, -0.15) is 0 Å². The Labute approximate surface area is 131 Å². The van der Waals surface area contributed by atoms with Crippen LogP contribution in [0.2, 0.25) is 0 Å². The molecule has 2 heterocycles. The Morgan fingerprint density at radius 3 is 2.36 bits per heavy atom. The smallest absolute Gasteiger partial charge is 0.135 e. The lowest BCUT2D eigenvalue weighted by Gasteiger charge is -2.27. The van der Waals surface area contributed by atoms with E-state index in [1.165, 1.54) is 16.7 Å². The van der Waals surface area contributed by atoms with Crippen molar-refractivity contribution in [1.29, 1.82) is 0 Å². The van der Waals surface area contributed by atoms with Gasteiger partial charge in [-0.15, -0.1) is 0 Å². The van der Waals surface area contributed by atoms with Gasteiger partial charge in [0.2, 0.25) is 0 Å². The molecule has 2 aromatic rings. The number of hydrogen-bond donors (Lipinski definition) is 1. The van der Waals surface area contributed by atoms with Gasteiger partial charge >= 0.3 is 0 Å². The van der Waals surface area contributed by atoms with Crippen LogP contribution in [0.3, 0.4) is 0 Å². The topological polar surface area (TPSA) is 50.3 Å². The zero-order chi connectivity index (χ0) is 15.5. The van der Waals surface area contributed by atoms with E-state index in [2.05, 4.69) is 53.1 Å². The van der Waals surface area contributed by atoms with Crippen molar-refractivity contribution in [3.05, 3.63) is 41.2 Å². The lowest BCUT2D eigenvalue weighted by Crippen LogP contribution is -2.36. The number of aryl methyl sites for hydroxylation is 3. The Morgan fingerprint density at radius 2 is 1.68 bits per heavy atom. The molecular weight excluding hydrogens is 276 g/mol. The van der Waals surface area contributed by atoms with Crippen LogP contribution >= 0.6 is 0 Å². The lowest BCUT2D eigenvalue weighted by molar-refractivity contribution is 0.122. The number of hydrogen-bond acceptors (Lipinski definition) is 5. The minimum absolute atomic E-state index is 0.753. The fraction of sp³-hybridized carbons (Fsp3) is 0.412. The molecule has 1 fully saturated rings. The van der Waals surface area contributed by atoms with Gasteiger partial charge in [0.15, 0.2) is 0 Å². The highest BCUT2D eigenvalue weighted by molar-refractivity contribution is 5.66. The van der Waals surface area contributed by atoms with Gasteiger partial charge in [-0.1, -0.05) is 17.7 Å². The van der Waals surface area contributed by atoms with Crippen LogP contribution in [-0.2, 0) is 4.74 Å². The molecule has 1 aliphatic heterocycles. The summed E-state index contributed by atoms with van der Waals surface area (Å²) in [6.07, 6.45) is 1.62. The van der Waals surface area contributed by atoms with Gasteiger partial charge in [-0.05, 0) is 31.9 Å². The lowest BCUT2D eigenvalue weighted by atomic mass is 10.1. The van der Waals surface area contributed by atoms with Crippen LogP contribution in [-0.4, -0.2) is 36.3 Å². The molecule has 3 rings (SSSR count). The first-order valence-electron chi connectivity index (χ1n) is 7.63. The largest absolute Gasteiger partial charge is 0.378 e. The average Bonchev–Trinajstić information content (AvgIpc) is 2.52. The molecule has 22 heavy (non-hydrogen) atoms. The van der Waals surface area contributed by atoms with E-state index in [4.69, 9.17) is 4.74 Å². The van der Waals surface area contributed by atoms with Gasteiger partial charge in [-0.25, -0.2) is 9.97 Å². The number of aromatic nitrogens is 2. The minimum Gasteiger partial charge on any atom is -0.378 e. The molecule has 0 unspecified atom stereocenters. The second-order valence-electron chi connectivity index (χ2n) is 5.76. The summed E-state index contributed by atoms with van der Waals surface area (Å²) in [7, 11) is 0. The quantitative estimate of drug-likeness (QED) is 0.944. The van der Waals surface area contributed by atoms with Crippen molar-refractivity contribution < 1.29 is 4.74 Å².